The van der Waals surface area contributed by atoms with Gasteiger partial charge in [-0.3, -0.25) is 9.59 Å². The Labute approximate surface area is 98.2 Å². The lowest BCUT2D eigenvalue weighted by Gasteiger charge is -2.13. The second kappa shape index (κ2) is 9.19. The van der Waals surface area contributed by atoms with Crippen LogP contribution in [0.3, 0.4) is 0 Å². The summed E-state index contributed by atoms with van der Waals surface area (Å²) in [4.78, 5) is 22.7. The molecule has 0 aromatic heterocycles. The lowest BCUT2D eigenvalue weighted by molar-refractivity contribution is -0.123. The maximum Gasteiger partial charge on any atom is 0.222 e. The number of carbonyl (C=O) groups is 2. The standard InChI is InChI=1S/C12H24N2O2/c1-4-6-8-13-12(16)9-10(3)14-11(15)7-5-2/h10H,4-9H2,1-3H3,(H,13,16)(H,14,15). The number of hydrogen-bond acceptors (Lipinski definition) is 2. The molecular weight excluding hydrogens is 204 g/mol. The fourth-order valence-corrected chi connectivity index (χ4v) is 1.38. The number of carbonyl (C=O) groups excluding carboxylic acids is 2. The highest BCUT2D eigenvalue weighted by Crippen LogP contribution is 1.94. The van der Waals surface area contributed by atoms with E-state index in [4.69, 9.17) is 0 Å². The second-order valence-electron chi connectivity index (χ2n) is 4.13. The van der Waals surface area contributed by atoms with Gasteiger partial charge in [0, 0.05) is 25.4 Å². The van der Waals surface area contributed by atoms with Crippen molar-refractivity contribution >= 4 is 11.8 Å². The van der Waals surface area contributed by atoms with Crippen LogP contribution in [-0.4, -0.2) is 24.4 Å². The lowest BCUT2D eigenvalue weighted by atomic mass is 10.2. The van der Waals surface area contributed by atoms with Crippen LogP contribution in [0, 0.1) is 0 Å². The van der Waals surface area contributed by atoms with Crippen molar-refractivity contribution in [3.05, 3.63) is 0 Å². The smallest absolute Gasteiger partial charge is 0.222 e. The first-order valence-electron chi connectivity index (χ1n) is 6.16. The molecule has 0 heterocycles. The van der Waals surface area contributed by atoms with Crippen LogP contribution in [-0.2, 0) is 9.59 Å². The zero-order valence-electron chi connectivity index (χ0n) is 10.6. The van der Waals surface area contributed by atoms with Gasteiger partial charge in [-0.2, -0.15) is 0 Å². The molecule has 0 aromatic rings. The van der Waals surface area contributed by atoms with Crippen LogP contribution in [0.25, 0.3) is 0 Å². The molecule has 1 atom stereocenters. The van der Waals surface area contributed by atoms with Crippen molar-refractivity contribution in [2.75, 3.05) is 6.54 Å². The highest BCUT2D eigenvalue weighted by molar-refractivity contribution is 5.79. The van der Waals surface area contributed by atoms with Gasteiger partial charge in [0.1, 0.15) is 0 Å². The molecular formula is C12H24N2O2. The first kappa shape index (κ1) is 14.9. The molecule has 16 heavy (non-hydrogen) atoms. The van der Waals surface area contributed by atoms with E-state index >= 15 is 0 Å². The first-order chi connectivity index (χ1) is 7.60. The summed E-state index contributed by atoms with van der Waals surface area (Å²) in [6, 6.07) is -0.0827. The molecule has 0 aliphatic heterocycles. The minimum Gasteiger partial charge on any atom is -0.356 e. The highest BCUT2D eigenvalue weighted by Gasteiger charge is 2.10. The van der Waals surface area contributed by atoms with Gasteiger partial charge < -0.3 is 10.6 Å². The quantitative estimate of drug-likeness (QED) is 0.620. The summed E-state index contributed by atoms with van der Waals surface area (Å²) in [5, 5.41) is 5.63. The Balaban J connectivity index is 3.65. The van der Waals surface area contributed by atoms with Crippen LogP contribution >= 0.6 is 0 Å². The van der Waals surface area contributed by atoms with Crippen molar-refractivity contribution in [3.63, 3.8) is 0 Å². The summed E-state index contributed by atoms with van der Waals surface area (Å²) in [5.74, 6) is 0.0362. The Morgan fingerprint density at radius 3 is 2.38 bits per heavy atom. The van der Waals surface area contributed by atoms with E-state index in [1.165, 1.54) is 0 Å². The summed E-state index contributed by atoms with van der Waals surface area (Å²) in [5.41, 5.74) is 0. The Morgan fingerprint density at radius 2 is 1.81 bits per heavy atom. The van der Waals surface area contributed by atoms with Gasteiger partial charge in [0.15, 0.2) is 0 Å². The largest absolute Gasteiger partial charge is 0.356 e. The van der Waals surface area contributed by atoms with Gasteiger partial charge in [-0.1, -0.05) is 20.3 Å². The predicted octanol–water partition coefficient (Wildman–Crippen LogP) is 1.60. The average Bonchev–Trinajstić information content (AvgIpc) is 2.17. The SMILES string of the molecule is CCCCNC(=O)CC(C)NC(=O)CCC. The van der Waals surface area contributed by atoms with Crippen molar-refractivity contribution in [2.45, 2.75) is 58.9 Å². The van der Waals surface area contributed by atoms with E-state index in [-0.39, 0.29) is 17.9 Å². The van der Waals surface area contributed by atoms with E-state index in [2.05, 4.69) is 17.6 Å². The molecule has 4 nitrogen and oxygen atoms in total. The molecule has 0 spiro atoms. The molecule has 2 amide bonds. The molecule has 0 aliphatic carbocycles. The van der Waals surface area contributed by atoms with E-state index in [1.54, 1.807) is 0 Å². The summed E-state index contributed by atoms with van der Waals surface area (Å²) in [7, 11) is 0. The number of rotatable bonds is 8. The molecule has 94 valence electrons. The fraction of sp³-hybridized carbons (Fsp3) is 0.833. The van der Waals surface area contributed by atoms with Crippen molar-refractivity contribution in [1.82, 2.24) is 10.6 Å². The van der Waals surface area contributed by atoms with Crippen LogP contribution < -0.4 is 10.6 Å². The van der Waals surface area contributed by atoms with Crippen LogP contribution in [0.1, 0.15) is 52.9 Å². The van der Waals surface area contributed by atoms with Gasteiger partial charge >= 0.3 is 0 Å². The van der Waals surface area contributed by atoms with Gasteiger partial charge in [-0.25, -0.2) is 0 Å². The summed E-state index contributed by atoms with van der Waals surface area (Å²) >= 11 is 0. The van der Waals surface area contributed by atoms with E-state index in [1.807, 2.05) is 13.8 Å². The molecule has 0 radical (unpaired) electrons. The van der Waals surface area contributed by atoms with Crippen molar-refractivity contribution in [2.24, 2.45) is 0 Å². The fourth-order valence-electron chi connectivity index (χ4n) is 1.38. The number of nitrogens with one attached hydrogen (secondary N) is 2. The minimum atomic E-state index is -0.0827. The Morgan fingerprint density at radius 1 is 1.12 bits per heavy atom. The molecule has 0 fully saturated rings. The number of hydrogen-bond donors (Lipinski definition) is 2. The van der Waals surface area contributed by atoms with E-state index in [0.717, 1.165) is 25.8 Å². The second-order valence-corrected chi connectivity index (χ2v) is 4.13. The van der Waals surface area contributed by atoms with Gasteiger partial charge in [0.05, 0.1) is 0 Å². The van der Waals surface area contributed by atoms with E-state index in [0.29, 0.717) is 12.8 Å². The molecule has 2 N–H and O–H groups in total. The number of amides is 2. The Hall–Kier alpha value is -1.06. The monoisotopic (exact) mass is 228 g/mol. The predicted molar refractivity (Wildman–Crippen MR) is 65.0 cm³/mol. The first-order valence-corrected chi connectivity index (χ1v) is 6.16. The van der Waals surface area contributed by atoms with E-state index in [9.17, 15) is 9.59 Å². The Kier molecular flexibility index (Phi) is 8.58. The third-order valence-corrected chi connectivity index (χ3v) is 2.23. The minimum absolute atomic E-state index is 0.0118. The third-order valence-electron chi connectivity index (χ3n) is 2.23. The van der Waals surface area contributed by atoms with Crippen LogP contribution in [0.15, 0.2) is 0 Å². The lowest BCUT2D eigenvalue weighted by Crippen LogP contribution is -2.37. The molecule has 1 unspecified atom stereocenters. The molecule has 0 bridgehead atoms. The van der Waals surface area contributed by atoms with Crippen molar-refractivity contribution in [1.29, 1.82) is 0 Å². The van der Waals surface area contributed by atoms with Gasteiger partial charge in [0.2, 0.25) is 11.8 Å². The summed E-state index contributed by atoms with van der Waals surface area (Å²) < 4.78 is 0. The maximum atomic E-state index is 11.4. The van der Waals surface area contributed by atoms with Crippen molar-refractivity contribution in [3.8, 4) is 0 Å². The van der Waals surface area contributed by atoms with Gasteiger partial charge in [-0.05, 0) is 19.8 Å². The molecule has 0 aromatic carbocycles. The third kappa shape index (κ3) is 8.26. The van der Waals surface area contributed by atoms with Crippen LogP contribution in [0.4, 0.5) is 0 Å². The van der Waals surface area contributed by atoms with Gasteiger partial charge in [0.25, 0.3) is 0 Å². The zero-order valence-corrected chi connectivity index (χ0v) is 10.6. The molecule has 4 heteroatoms. The van der Waals surface area contributed by atoms with Gasteiger partial charge in [-0.15, -0.1) is 0 Å². The molecule has 0 aliphatic rings. The maximum absolute atomic E-state index is 11.4. The number of unbranched alkanes of at least 4 members (excludes halogenated alkanes) is 1. The Bertz CT molecular complexity index is 217. The summed E-state index contributed by atoms with van der Waals surface area (Å²) in [6.45, 7) is 6.62. The molecule has 0 rings (SSSR count). The van der Waals surface area contributed by atoms with Crippen LogP contribution in [0.2, 0.25) is 0 Å². The van der Waals surface area contributed by atoms with Crippen molar-refractivity contribution < 1.29 is 9.59 Å². The topological polar surface area (TPSA) is 58.2 Å². The van der Waals surface area contributed by atoms with Crippen LogP contribution in [0.5, 0.6) is 0 Å². The normalized spacial score (nSPS) is 11.9. The van der Waals surface area contributed by atoms with E-state index < -0.39 is 0 Å². The summed E-state index contributed by atoms with van der Waals surface area (Å²) in [6.07, 6.45) is 3.80. The average molecular weight is 228 g/mol. The molecule has 0 saturated heterocycles. The zero-order chi connectivity index (χ0) is 12.4. The molecule has 0 saturated carbocycles. The highest BCUT2D eigenvalue weighted by atomic mass is 16.2.